The third kappa shape index (κ3) is 5.28. The van der Waals surface area contributed by atoms with Crippen LogP contribution >= 0.6 is 34.5 Å². The van der Waals surface area contributed by atoms with Gasteiger partial charge in [-0.15, -0.1) is 17.9 Å². The molecule has 26 heavy (non-hydrogen) atoms. The van der Waals surface area contributed by atoms with Crippen LogP contribution in [0.2, 0.25) is 10.0 Å². The molecule has 0 aliphatic carbocycles. The number of anilines is 1. The predicted molar refractivity (Wildman–Crippen MR) is 106 cm³/mol. The van der Waals surface area contributed by atoms with Crippen molar-refractivity contribution in [3.8, 4) is 11.3 Å². The Morgan fingerprint density at radius 3 is 2.77 bits per heavy atom. The molecule has 0 unspecified atom stereocenters. The van der Waals surface area contributed by atoms with Gasteiger partial charge in [-0.2, -0.15) is 0 Å². The average molecular weight is 414 g/mol. The zero-order valence-electron chi connectivity index (χ0n) is 14.2. The molecule has 1 aromatic heterocycles. The lowest BCUT2D eigenvalue weighted by Gasteiger charge is -2.16. The second-order valence-corrected chi connectivity index (χ2v) is 6.96. The van der Waals surface area contributed by atoms with Crippen molar-refractivity contribution in [3.63, 3.8) is 0 Å². The van der Waals surface area contributed by atoms with Crippen molar-refractivity contribution in [2.24, 2.45) is 0 Å². The van der Waals surface area contributed by atoms with E-state index in [2.05, 4.69) is 16.9 Å². The van der Waals surface area contributed by atoms with Crippen LogP contribution in [0.25, 0.3) is 11.3 Å². The molecular formula is C17H19Cl2N4O2S+. The Morgan fingerprint density at radius 2 is 2.12 bits per heavy atom. The first-order valence-corrected chi connectivity index (χ1v) is 9.44. The molecule has 9 heteroatoms. The lowest BCUT2D eigenvalue weighted by molar-refractivity contribution is -0.632. The van der Waals surface area contributed by atoms with E-state index in [4.69, 9.17) is 23.2 Å². The Balaban J connectivity index is 2.13. The molecule has 0 spiro atoms. The highest BCUT2D eigenvalue weighted by molar-refractivity contribution is 7.14. The van der Waals surface area contributed by atoms with E-state index in [1.165, 1.54) is 11.3 Å². The SMILES string of the molecule is C=CCN(C(=O)C[NH2+]CC(=O)NC)c1nc(-c2ccc(Cl)c(Cl)c2)cs1. The van der Waals surface area contributed by atoms with E-state index in [9.17, 15) is 9.59 Å². The zero-order chi connectivity index (χ0) is 19.1. The Labute approximate surface area is 165 Å². The van der Waals surface area contributed by atoms with Crippen LogP contribution in [0.1, 0.15) is 0 Å². The number of hydrogen-bond donors (Lipinski definition) is 2. The van der Waals surface area contributed by atoms with Crippen molar-refractivity contribution in [1.82, 2.24) is 10.3 Å². The second kappa shape index (κ2) is 9.68. The summed E-state index contributed by atoms with van der Waals surface area (Å²) in [5.41, 5.74) is 1.53. The Hall–Kier alpha value is -1.93. The van der Waals surface area contributed by atoms with E-state index in [1.807, 2.05) is 11.4 Å². The summed E-state index contributed by atoms with van der Waals surface area (Å²) in [6, 6.07) is 5.27. The smallest absolute Gasteiger partial charge is 0.284 e. The van der Waals surface area contributed by atoms with Gasteiger partial charge in [0.2, 0.25) is 0 Å². The van der Waals surface area contributed by atoms with Crippen molar-refractivity contribution in [2.45, 2.75) is 0 Å². The number of thiazole rings is 1. The van der Waals surface area contributed by atoms with E-state index >= 15 is 0 Å². The summed E-state index contributed by atoms with van der Waals surface area (Å²) in [5, 5.41) is 7.49. The van der Waals surface area contributed by atoms with Gasteiger partial charge in [0.05, 0.1) is 15.7 Å². The Kier molecular flexibility index (Phi) is 7.59. The van der Waals surface area contributed by atoms with E-state index in [1.54, 1.807) is 35.5 Å². The van der Waals surface area contributed by atoms with Crippen molar-refractivity contribution in [1.29, 1.82) is 0 Å². The fraction of sp³-hybridized carbons (Fsp3) is 0.235. The number of rotatable bonds is 8. The normalized spacial score (nSPS) is 10.4. The summed E-state index contributed by atoms with van der Waals surface area (Å²) in [6.07, 6.45) is 1.64. The summed E-state index contributed by atoms with van der Waals surface area (Å²) in [6.45, 7) is 4.36. The molecule has 3 N–H and O–H groups in total. The van der Waals surface area contributed by atoms with Gasteiger partial charge in [-0.25, -0.2) is 4.98 Å². The quantitative estimate of drug-likeness (QED) is 0.649. The molecule has 0 aliphatic heterocycles. The molecule has 2 rings (SSSR count). The maximum Gasteiger partial charge on any atom is 0.284 e. The fourth-order valence-electron chi connectivity index (χ4n) is 2.13. The molecule has 0 fully saturated rings. The molecule has 6 nitrogen and oxygen atoms in total. The van der Waals surface area contributed by atoms with Gasteiger partial charge in [-0.3, -0.25) is 14.5 Å². The lowest BCUT2D eigenvalue weighted by atomic mass is 10.2. The van der Waals surface area contributed by atoms with Crippen LogP contribution in [0.5, 0.6) is 0 Å². The van der Waals surface area contributed by atoms with Gasteiger partial charge < -0.3 is 10.6 Å². The molecule has 0 saturated carbocycles. The first kappa shape index (κ1) is 20.4. The van der Waals surface area contributed by atoms with Gasteiger partial charge in [0.1, 0.15) is 0 Å². The van der Waals surface area contributed by atoms with Crippen molar-refractivity contribution in [2.75, 3.05) is 31.6 Å². The molecule has 0 bridgehead atoms. The Morgan fingerprint density at radius 1 is 1.35 bits per heavy atom. The molecule has 0 aliphatic rings. The number of carbonyl (C=O) groups excluding carboxylic acids is 2. The van der Waals surface area contributed by atoms with Gasteiger partial charge >= 0.3 is 0 Å². The zero-order valence-corrected chi connectivity index (χ0v) is 16.5. The maximum atomic E-state index is 12.5. The van der Waals surface area contributed by atoms with Crippen LogP contribution in [0.3, 0.4) is 0 Å². The maximum absolute atomic E-state index is 12.5. The summed E-state index contributed by atoms with van der Waals surface area (Å²) in [4.78, 5) is 29.8. The predicted octanol–water partition coefficient (Wildman–Crippen LogP) is 1.95. The highest BCUT2D eigenvalue weighted by Crippen LogP contribution is 2.31. The number of carbonyl (C=O) groups is 2. The number of nitrogens with two attached hydrogens (primary N) is 1. The van der Waals surface area contributed by atoms with Gasteiger partial charge in [0.25, 0.3) is 11.8 Å². The molecule has 0 saturated heterocycles. The number of benzene rings is 1. The van der Waals surface area contributed by atoms with Crippen LogP contribution in [0.15, 0.2) is 36.2 Å². The van der Waals surface area contributed by atoms with Gasteiger partial charge in [0, 0.05) is 24.5 Å². The third-order valence-corrected chi connectivity index (χ3v) is 5.08. The third-order valence-electron chi connectivity index (χ3n) is 3.48. The Bertz CT molecular complexity index is 810. The highest BCUT2D eigenvalue weighted by Gasteiger charge is 2.20. The van der Waals surface area contributed by atoms with E-state index in [-0.39, 0.29) is 24.9 Å². The van der Waals surface area contributed by atoms with Crippen molar-refractivity contribution < 1.29 is 14.9 Å². The molecule has 1 heterocycles. The van der Waals surface area contributed by atoms with Crippen molar-refractivity contribution in [3.05, 3.63) is 46.3 Å². The number of nitrogens with one attached hydrogen (secondary N) is 1. The first-order valence-electron chi connectivity index (χ1n) is 7.80. The number of likely N-dealkylation sites (N-methyl/N-ethyl adjacent to an activating group) is 1. The van der Waals surface area contributed by atoms with Crippen LogP contribution in [-0.2, 0) is 9.59 Å². The molecule has 2 aromatic rings. The summed E-state index contributed by atoms with van der Waals surface area (Å²) < 4.78 is 0. The van der Waals surface area contributed by atoms with Crippen LogP contribution in [0, 0.1) is 0 Å². The molecule has 0 atom stereocenters. The fourth-order valence-corrected chi connectivity index (χ4v) is 3.29. The topological polar surface area (TPSA) is 78.9 Å². The monoisotopic (exact) mass is 413 g/mol. The number of quaternary nitrogens is 1. The average Bonchev–Trinajstić information content (AvgIpc) is 3.11. The minimum atomic E-state index is -0.149. The number of halogens is 2. The number of nitrogens with zero attached hydrogens (tertiary/aromatic N) is 2. The number of hydrogen-bond acceptors (Lipinski definition) is 4. The van der Waals surface area contributed by atoms with E-state index < -0.39 is 0 Å². The van der Waals surface area contributed by atoms with Crippen LogP contribution in [0.4, 0.5) is 5.13 Å². The second-order valence-electron chi connectivity index (χ2n) is 5.31. The standard InChI is InChI=1S/C17H18Cl2N4O2S/c1-3-6-23(16(25)9-21-8-15(24)20-2)17-22-14(10-26-17)11-4-5-12(18)13(19)7-11/h3-5,7,10,21H,1,6,8-9H2,2H3,(H,20,24)/p+1. The lowest BCUT2D eigenvalue weighted by Crippen LogP contribution is -2.88. The number of amides is 2. The molecule has 0 radical (unpaired) electrons. The number of aromatic nitrogens is 1. The summed E-state index contributed by atoms with van der Waals surface area (Å²) in [7, 11) is 1.56. The molecule has 2 amide bonds. The largest absolute Gasteiger partial charge is 0.354 e. The minimum Gasteiger partial charge on any atom is -0.354 e. The van der Waals surface area contributed by atoms with Gasteiger partial charge in [-0.1, -0.05) is 35.3 Å². The van der Waals surface area contributed by atoms with Gasteiger partial charge in [-0.05, 0) is 12.1 Å². The highest BCUT2D eigenvalue weighted by atomic mass is 35.5. The van der Waals surface area contributed by atoms with E-state index in [0.717, 1.165) is 5.56 Å². The van der Waals surface area contributed by atoms with E-state index in [0.29, 0.717) is 27.4 Å². The van der Waals surface area contributed by atoms with Crippen LogP contribution in [-0.4, -0.2) is 43.5 Å². The summed E-state index contributed by atoms with van der Waals surface area (Å²) >= 11 is 13.4. The minimum absolute atomic E-state index is 0.135. The van der Waals surface area contributed by atoms with Crippen LogP contribution < -0.4 is 15.5 Å². The molecule has 1 aromatic carbocycles. The summed E-state index contributed by atoms with van der Waals surface area (Å²) in [5.74, 6) is -0.284. The van der Waals surface area contributed by atoms with Crippen molar-refractivity contribution >= 4 is 51.5 Å². The molecule has 138 valence electrons. The first-order chi connectivity index (χ1) is 12.5. The molecular weight excluding hydrogens is 395 g/mol. The van der Waals surface area contributed by atoms with Gasteiger partial charge in [0.15, 0.2) is 18.2 Å².